The first-order chi connectivity index (χ1) is 13.1. The number of benzene rings is 3. The molecule has 0 spiro atoms. The first-order valence-corrected chi connectivity index (χ1v) is 8.18. The molecule has 0 fully saturated rings. The van der Waals surface area contributed by atoms with Crippen molar-refractivity contribution in [2.75, 3.05) is 17.7 Å². The smallest absolute Gasteiger partial charge is 0.258 e. The van der Waals surface area contributed by atoms with E-state index in [0.717, 1.165) is 0 Å². The summed E-state index contributed by atoms with van der Waals surface area (Å²) in [6, 6.07) is 19.0. The predicted molar refractivity (Wildman–Crippen MR) is 102 cm³/mol. The molecule has 0 aromatic heterocycles. The lowest BCUT2D eigenvalue weighted by molar-refractivity contribution is 0.101. The van der Waals surface area contributed by atoms with E-state index in [0.29, 0.717) is 22.7 Å². The minimum atomic E-state index is -0.592. The Kier molecular flexibility index (Phi) is 5.47. The van der Waals surface area contributed by atoms with Gasteiger partial charge in [-0.2, -0.15) is 0 Å². The van der Waals surface area contributed by atoms with Crippen LogP contribution >= 0.6 is 0 Å². The molecule has 0 bridgehead atoms. The van der Waals surface area contributed by atoms with Gasteiger partial charge in [-0.15, -0.1) is 0 Å². The maximum atomic E-state index is 13.6. The highest BCUT2D eigenvalue weighted by atomic mass is 19.1. The number of nitrogens with one attached hydrogen (secondary N) is 2. The molecule has 0 aliphatic carbocycles. The molecule has 3 aromatic carbocycles. The second-order valence-electron chi connectivity index (χ2n) is 5.69. The molecule has 0 saturated heterocycles. The van der Waals surface area contributed by atoms with E-state index in [1.807, 2.05) is 0 Å². The average Bonchev–Trinajstić information content (AvgIpc) is 2.69. The fourth-order valence-electron chi connectivity index (χ4n) is 2.43. The van der Waals surface area contributed by atoms with Crippen LogP contribution < -0.4 is 15.4 Å². The van der Waals surface area contributed by atoms with Crippen molar-refractivity contribution in [1.29, 1.82) is 0 Å². The van der Waals surface area contributed by atoms with Crippen molar-refractivity contribution in [2.45, 2.75) is 0 Å². The van der Waals surface area contributed by atoms with Crippen LogP contribution in [-0.2, 0) is 0 Å². The van der Waals surface area contributed by atoms with Crippen LogP contribution in [0.3, 0.4) is 0 Å². The summed E-state index contributed by atoms with van der Waals surface area (Å²) in [5, 5.41) is 5.37. The van der Waals surface area contributed by atoms with Crippen LogP contribution in [-0.4, -0.2) is 18.9 Å². The van der Waals surface area contributed by atoms with Crippen LogP contribution in [0.5, 0.6) is 5.75 Å². The number of amides is 2. The maximum absolute atomic E-state index is 13.6. The third-order valence-corrected chi connectivity index (χ3v) is 3.87. The number of hydrogen-bond acceptors (Lipinski definition) is 3. The van der Waals surface area contributed by atoms with E-state index in [-0.39, 0.29) is 11.5 Å². The first-order valence-electron chi connectivity index (χ1n) is 8.18. The number of hydrogen-bond donors (Lipinski definition) is 2. The average molecular weight is 364 g/mol. The zero-order valence-electron chi connectivity index (χ0n) is 14.5. The molecule has 3 aromatic rings. The van der Waals surface area contributed by atoms with Gasteiger partial charge in [-0.3, -0.25) is 9.59 Å². The summed E-state index contributed by atoms with van der Waals surface area (Å²) in [4.78, 5) is 24.4. The normalized spacial score (nSPS) is 10.1. The molecule has 0 heterocycles. The van der Waals surface area contributed by atoms with Gasteiger partial charge in [0.2, 0.25) is 0 Å². The predicted octanol–water partition coefficient (Wildman–Crippen LogP) is 4.34. The van der Waals surface area contributed by atoms with E-state index in [9.17, 15) is 14.0 Å². The monoisotopic (exact) mass is 364 g/mol. The molecular weight excluding hydrogens is 347 g/mol. The Labute approximate surface area is 155 Å². The van der Waals surface area contributed by atoms with Gasteiger partial charge in [-0.25, -0.2) is 4.39 Å². The Morgan fingerprint density at radius 2 is 1.33 bits per heavy atom. The standard InChI is InChI=1S/C21H17FN2O3/c1-27-17-12-10-16(11-13-17)23-20(25)14-6-8-15(9-7-14)24-21(26)18-4-2-3-5-19(18)22/h2-13H,1H3,(H,23,25)(H,24,26). The summed E-state index contributed by atoms with van der Waals surface area (Å²) in [5.41, 5.74) is 1.48. The Balaban J connectivity index is 1.64. The molecule has 0 unspecified atom stereocenters. The molecule has 0 saturated carbocycles. The van der Waals surface area contributed by atoms with Crippen molar-refractivity contribution in [3.05, 3.63) is 89.7 Å². The number of carbonyl (C=O) groups excluding carboxylic acids is 2. The number of rotatable bonds is 5. The molecule has 6 heteroatoms. The molecule has 0 aliphatic heterocycles. The van der Waals surface area contributed by atoms with Crippen LogP contribution in [0.4, 0.5) is 15.8 Å². The van der Waals surface area contributed by atoms with E-state index >= 15 is 0 Å². The summed E-state index contributed by atoms with van der Waals surface area (Å²) in [7, 11) is 1.57. The van der Waals surface area contributed by atoms with Crippen LogP contribution in [0.25, 0.3) is 0 Å². The molecule has 2 amide bonds. The van der Waals surface area contributed by atoms with Crippen molar-refractivity contribution in [2.24, 2.45) is 0 Å². The topological polar surface area (TPSA) is 67.4 Å². The van der Waals surface area contributed by atoms with Gasteiger partial charge >= 0.3 is 0 Å². The molecule has 0 atom stereocenters. The number of carbonyl (C=O) groups is 2. The number of anilines is 2. The fraction of sp³-hybridized carbons (Fsp3) is 0.0476. The molecule has 2 N–H and O–H groups in total. The van der Waals surface area contributed by atoms with Crippen molar-refractivity contribution >= 4 is 23.2 Å². The number of halogens is 1. The van der Waals surface area contributed by atoms with Gasteiger partial charge in [-0.05, 0) is 60.7 Å². The molecule has 27 heavy (non-hydrogen) atoms. The largest absolute Gasteiger partial charge is 0.497 e. The highest BCUT2D eigenvalue weighted by molar-refractivity contribution is 6.06. The molecule has 3 rings (SSSR count). The Morgan fingerprint density at radius 3 is 1.93 bits per heavy atom. The lowest BCUT2D eigenvalue weighted by Crippen LogP contribution is -2.14. The van der Waals surface area contributed by atoms with Crippen LogP contribution in [0, 0.1) is 5.82 Å². The zero-order valence-corrected chi connectivity index (χ0v) is 14.5. The highest BCUT2D eigenvalue weighted by Gasteiger charge is 2.12. The van der Waals surface area contributed by atoms with Gasteiger partial charge in [0.25, 0.3) is 11.8 Å². The first kappa shape index (κ1) is 18.1. The number of ether oxygens (including phenoxy) is 1. The summed E-state index contributed by atoms with van der Waals surface area (Å²) >= 11 is 0. The van der Waals surface area contributed by atoms with E-state index in [1.165, 1.54) is 18.2 Å². The zero-order chi connectivity index (χ0) is 19.2. The maximum Gasteiger partial charge on any atom is 0.258 e. The Hall–Kier alpha value is -3.67. The van der Waals surface area contributed by atoms with Gasteiger partial charge in [0.1, 0.15) is 11.6 Å². The summed E-state index contributed by atoms with van der Waals surface area (Å²) in [5.74, 6) is -0.732. The second-order valence-corrected chi connectivity index (χ2v) is 5.69. The highest BCUT2D eigenvalue weighted by Crippen LogP contribution is 2.17. The van der Waals surface area contributed by atoms with E-state index in [1.54, 1.807) is 61.7 Å². The van der Waals surface area contributed by atoms with Gasteiger partial charge in [-0.1, -0.05) is 12.1 Å². The van der Waals surface area contributed by atoms with Crippen LogP contribution in [0.15, 0.2) is 72.8 Å². The fourth-order valence-corrected chi connectivity index (χ4v) is 2.43. The van der Waals surface area contributed by atoms with Gasteiger partial charge in [0.15, 0.2) is 0 Å². The SMILES string of the molecule is COc1ccc(NC(=O)c2ccc(NC(=O)c3ccccc3F)cc2)cc1. The van der Waals surface area contributed by atoms with Gasteiger partial charge in [0, 0.05) is 16.9 Å². The van der Waals surface area contributed by atoms with Crippen molar-refractivity contribution in [1.82, 2.24) is 0 Å². The third kappa shape index (κ3) is 4.49. The summed E-state index contributed by atoms with van der Waals surface area (Å²) in [6.45, 7) is 0. The third-order valence-electron chi connectivity index (χ3n) is 3.87. The van der Waals surface area contributed by atoms with E-state index in [4.69, 9.17) is 4.74 Å². The molecule has 0 radical (unpaired) electrons. The number of methoxy groups -OCH3 is 1. The lowest BCUT2D eigenvalue weighted by Gasteiger charge is -2.08. The van der Waals surface area contributed by atoms with Gasteiger partial charge < -0.3 is 15.4 Å². The lowest BCUT2D eigenvalue weighted by atomic mass is 10.1. The summed E-state index contributed by atoms with van der Waals surface area (Å²) < 4.78 is 18.7. The second kappa shape index (κ2) is 8.14. The molecule has 136 valence electrons. The van der Waals surface area contributed by atoms with E-state index in [2.05, 4.69) is 10.6 Å². The van der Waals surface area contributed by atoms with Crippen molar-refractivity contribution in [3.63, 3.8) is 0 Å². The van der Waals surface area contributed by atoms with Crippen molar-refractivity contribution in [3.8, 4) is 5.75 Å². The van der Waals surface area contributed by atoms with Crippen LogP contribution in [0.2, 0.25) is 0 Å². The van der Waals surface area contributed by atoms with Crippen molar-refractivity contribution < 1.29 is 18.7 Å². The quantitative estimate of drug-likeness (QED) is 0.708. The van der Waals surface area contributed by atoms with E-state index < -0.39 is 11.7 Å². The molecule has 5 nitrogen and oxygen atoms in total. The molecule has 0 aliphatic rings. The van der Waals surface area contributed by atoms with Crippen LogP contribution in [0.1, 0.15) is 20.7 Å². The van der Waals surface area contributed by atoms with Gasteiger partial charge in [0.05, 0.1) is 12.7 Å². The minimum absolute atomic E-state index is 0.0428. The summed E-state index contributed by atoms with van der Waals surface area (Å²) in [6.07, 6.45) is 0. The minimum Gasteiger partial charge on any atom is -0.497 e. The molecular formula is C21H17FN2O3. The Morgan fingerprint density at radius 1 is 0.778 bits per heavy atom. The Bertz CT molecular complexity index is 954.